The first-order valence-corrected chi connectivity index (χ1v) is 9.06. The van der Waals surface area contributed by atoms with Gasteiger partial charge in [-0.2, -0.15) is 5.10 Å². The summed E-state index contributed by atoms with van der Waals surface area (Å²) in [7, 11) is 1.64. The Morgan fingerprint density at radius 2 is 1.79 bits per heavy atom. The van der Waals surface area contributed by atoms with E-state index in [0.717, 1.165) is 27.8 Å². The molecule has 0 amide bonds. The summed E-state index contributed by atoms with van der Waals surface area (Å²) in [6, 6.07) is 22.9. The molecule has 0 fully saturated rings. The Kier molecular flexibility index (Phi) is 5.17. The summed E-state index contributed by atoms with van der Waals surface area (Å²) in [6.45, 7) is 0. The molecule has 1 N–H and O–H groups in total. The quantitative estimate of drug-likeness (QED) is 0.367. The van der Waals surface area contributed by atoms with Gasteiger partial charge in [-0.05, 0) is 54.1 Å². The van der Waals surface area contributed by atoms with Crippen LogP contribution < -0.4 is 10.2 Å². The standard InChI is InChI=1S/C22H17ClN4O/c1-28-18-6-4-5-15(13-18)14-24-27-22-19-7-2-3-8-20(19)25-21(26-22)16-9-11-17(23)12-10-16/h2-14H,1H3,(H,25,26,27)/b24-14-. The highest BCUT2D eigenvalue weighted by Gasteiger charge is 2.09. The molecule has 4 rings (SSSR count). The fraction of sp³-hybridized carbons (Fsp3) is 0.0455. The van der Waals surface area contributed by atoms with Gasteiger partial charge in [0.25, 0.3) is 0 Å². The molecule has 1 aromatic heterocycles. The zero-order valence-electron chi connectivity index (χ0n) is 15.1. The van der Waals surface area contributed by atoms with Gasteiger partial charge in [0, 0.05) is 16.0 Å². The number of methoxy groups -OCH3 is 1. The summed E-state index contributed by atoms with van der Waals surface area (Å²) >= 11 is 5.99. The van der Waals surface area contributed by atoms with E-state index in [1.807, 2.05) is 72.8 Å². The molecule has 28 heavy (non-hydrogen) atoms. The smallest absolute Gasteiger partial charge is 0.162 e. The lowest BCUT2D eigenvalue weighted by Gasteiger charge is -2.08. The molecule has 0 atom stereocenters. The number of hydrogen-bond donors (Lipinski definition) is 1. The summed E-state index contributed by atoms with van der Waals surface area (Å²) in [5.74, 6) is 2.02. The molecule has 4 aromatic rings. The second-order valence-electron chi connectivity index (χ2n) is 6.07. The van der Waals surface area contributed by atoms with Gasteiger partial charge in [-0.3, -0.25) is 5.43 Å². The topological polar surface area (TPSA) is 59.4 Å². The van der Waals surface area contributed by atoms with Gasteiger partial charge >= 0.3 is 0 Å². The highest BCUT2D eigenvalue weighted by atomic mass is 35.5. The normalized spacial score (nSPS) is 11.1. The minimum Gasteiger partial charge on any atom is -0.497 e. The fourth-order valence-electron chi connectivity index (χ4n) is 2.78. The monoisotopic (exact) mass is 388 g/mol. The van der Waals surface area contributed by atoms with Gasteiger partial charge in [-0.15, -0.1) is 0 Å². The molecule has 0 saturated heterocycles. The molecule has 3 aromatic carbocycles. The number of anilines is 1. The molecule has 6 heteroatoms. The lowest BCUT2D eigenvalue weighted by atomic mass is 10.2. The van der Waals surface area contributed by atoms with Gasteiger partial charge in [0.05, 0.1) is 18.8 Å². The average Bonchev–Trinajstić information content (AvgIpc) is 2.74. The lowest BCUT2D eigenvalue weighted by Crippen LogP contribution is -1.99. The van der Waals surface area contributed by atoms with Crippen LogP contribution in [0.5, 0.6) is 5.75 Å². The van der Waals surface area contributed by atoms with Crippen LogP contribution in [0, 0.1) is 0 Å². The highest BCUT2D eigenvalue weighted by molar-refractivity contribution is 6.30. The molecule has 0 aliphatic heterocycles. The van der Waals surface area contributed by atoms with Crippen molar-refractivity contribution in [2.45, 2.75) is 0 Å². The molecule has 1 heterocycles. The molecule has 0 saturated carbocycles. The first-order valence-electron chi connectivity index (χ1n) is 8.69. The van der Waals surface area contributed by atoms with Gasteiger partial charge in [0.1, 0.15) is 5.75 Å². The third-order valence-electron chi connectivity index (χ3n) is 4.18. The van der Waals surface area contributed by atoms with Crippen LogP contribution in [0.15, 0.2) is 77.9 Å². The van der Waals surface area contributed by atoms with Crippen molar-refractivity contribution in [2.75, 3.05) is 12.5 Å². The Morgan fingerprint density at radius 1 is 0.964 bits per heavy atom. The molecule has 0 aliphatic carbocycles. The number of para-hydroxylation sites is 1. The average molecular weight is 389 g/mol. The van der Waals surface area contributed by atoms with Crippen molar-refractivity contribution in [3.8, 4) is 17.1 Å². The minimum absolute atomic E-state index is 0.606. The van der Waals surface area contributed by atoms with E-state index in [1.54, 1.807) is 13.3 Å². The maximum absolute atomic E-state index is 5.99. The molecular weight excluding hydrogens is 372 g/mol. The fourth-order valence-corrected chi connectivity index (χ4v) is 2.91. The largest absolute Gasteiger partial charge is 0.497 e. The third kappa shape index (κ3) is 3.94. The Balaban J connectivity index is 1.68. The summed E-state index contributed by atoms with van der Waals surface area (Å²) in [5.41, 5.74) is 5.69. The van der Waals surface area contributed by atoms with Crippen molar-refractivity contribution in [1.29, 1.82) is 0 Å². The van der Waals surface area contributed by atoms with Gasteiger partial charge in [0.2, 0.25) is 0 Å². The second kappa shape index (κ2) is 8.06. The highest BCUT2D eigenvalue weighted by Crippen LogP contribution is 2.25. The van der Waals surface area contributed by atoms with Crippen LogP contribution in [0.4, 0.5) is 5.82 Å². The molecule has 0 radical (unpaired) electrons. The molecule has 0 bridgehead atoms. The van der Waals surface area contributed by atoms with Crippen molar-refractivity contribution in [1.82, 2.24) is 9.97 Å². The van der Waals surface area contributed by atoms with E-state index in [2.05, 4.69) is 20.5 Å². The van der Waals surface area contributed by atoms with E-state index in [-0.39, 0.29) is 0 Å². The minimum atomic E-state index is 0.606. The van der Waals surface area contributed by atoms with Crippen LogP contribution >= 0.6 is 11.6 Å². The van der Waals surface area contributed by atoms with E-state index in [4.69, 9.17) is 16.3 Å². The van der Waals surface area contributed by atoms with E-state index in [1.165, 1.54) is 0 Å². The van der Waals surface area contributed by atoms with Crippen LogP contribution in [0.1, 0.15) is 5.56 Å². The van der Waals surface area contributed by atoms with Crippen molar-refractivity contribution >= 4 is 34.5 Å². The molecule has 5 nitrogen and oxygen atoms in total. The predicted molar refractivity (Wildman–Crippen MR) is 114 cm³/mol. The lowest BCUT2D eigenvalue weighted by molar-refractivity contribution is 0.415. The number of ether oxygens (including phenoxy) is 1. The maximum Gasteiger partial charge on any atom is 0.162 e. The predicted octanol–water partition coefficient (Wildman–Crippen LogP) is 5.40. The first kappa shape index (κ1) is 17.9. The number of nitrogens with zero attached hydrogens (tertiary/aromatic N) is 3. The Hall–Kier alpha value is -3.44. The number of benzene rings is 3. The Labute approximate surface area is 167 Å². The molecule has 0 spiro atoms. The molecule has 0 unspecified atom stereocenters. The van der Waals surface area contributed by atoms with E-state index in [9.17, 15) is 0 Å². The number of nitrogens with one attached hydrogen (secondary N) is 1. The van der Waals surface area contributed by atoms with Crippen LogP contribution in [0.25, 0.3) is 22.3 Å². The van der Waals surface area contributed by atoms with E-state index in [0.29, 0.717) is 16.7 Å². The van der Waals surface area contributed by atoms with Crippen molar-refractivity contribution < 1.29 is 4.74 Å². The Morgan fingerprint density at radius 3 is 2.61 bits per heavy atom. The summed E-state index contributed by atoms with van der Waals surface area (Å²) in [4.78, 5) is 9.32. The van der Waals surface area contributed by atoms with Gasteiger partial charge in [-0.25, -0.2) is 9.97 Å². The van der Waals surface area contributed by atoms with Crippen LogP contribution in [-0.2, 0) is 0 Å². The van der Waals surface area contributed by atoms with Crippen LogP contribution in [-0.4, -0.2) is 23.3 Å². The van der Waals surface area contributed by atoms with Crippen molar-refractivity contribution in [2.24, 2.45) is 5.10 Å². The SMILES string of the molecule is COc1cccc(/C=N\Nc2nc(-c3ccc(Cl)cc3)nc3ccccc23)c1. The van der Waals surface area contributed by atoms with Gasteiger partial charge < -0.3 is 4.74 Å². The van der Waals surface area contributed by atoms with Crippen molar-refractivity contribution in [3.05, 3.63) is 83.4 Å². The third-order valence-corrected chi connectivity index (χ3v) is 4.44. The Bertz CT molecular complexity index is 1140. The van der Waals surface area contributed by atoms with Gasteiger partial charge in [-0.1, -0.05) is 35.9 Å². The zero-order valence-corrected chi connectivity index (χ0v) is 15.9. The molecule has 0 aliphatic rings. The van der Waals surface area contributed by atoms with E-state index >= 15 is 0 Å². The zero-order chi connectivity index (χ0) is 19.3. The summed E-state index contributed by atoms with van der Waals surface area (Å²) in [5, 5.41) is 5.91. The summed E-state index contributed by atoms with van der Waals surface area (Å²) in [6.07, 6.45) is 1.72. The van der Waals surface area contributed by atoms with Crippen LogP contribution in [0.2, 0.25) is 5.02 Å². The number of hydrogen-bond acceptors (Lipinski definition) is 5. The first-order chi connectivity index (χ1) is 13.7. The van der Waals surface area contributed by atoms with E-state index < -0.39 is 0 Å². The van der Waals surface area contributed by atoms with Gasteiger partial charge in [0.15, 0.2) is 11.6 Å². The number of rotatable bonds is 5. The van der Waals surface area contributed by atoms with Crippen molar-refractivity contribution in [3.63, 3.8) is 0 Å². The maximum atomic E-state index is 5.99. The van der Waals surface area contributed by atoms with Crippen LogP contribution in [0.3, 0.4) is 0 Å². The number of aromatic nitrogens is 2. The molecule has 138 valence electrons. The summed E-state index contributed by atoms with van der Waals surface area (Å²) < 4.78 is 5.24. The molecular formula is C22H17ClN4O. The number of fused-ring (bicyclic) bond motifs is 1. The second-order valence-corrected chi connectivity index (χ2v) is 6.50. The number of hydrazone groups is 1. The number of halogens is 1.